The first-order valence-electron chi connectivity index (χ1n) is 13.0. The van der Waals surface area contributed by atoms with Gasteiger partial charge < -0.3 is 35.2 Å². The van der Waals surface area contributed by atoms with Crippen LogP contribution in [0.15, 0.2) is 55.3 Å². The van der Waals surface area contributed by atoms with Crippen LogP contribution in [0.25, 0.3) is 11.6 Å². The summed E-state index contributed by atoms with van der Waals surface area (Å²) in [5.41, 5.74) is 2.44. The van der Waals surface area contributed by atoms with Crippen LogP contribution >= 0.6 is 11.6 Å². The summed E-state index contributed by atoms with van der Waals surface area (Å²) in [6.07, 6.45) is 4.12. The molecule has 0 spiro atoms. The number of nitrogens with zero attached hydrogens (tertiary/aromatic N) is 3. The smallest absolute Gasteiger partial charge is 0.247 e. The molecule has 0 aliphatic carbocycles. The predicted octanol–water partition coefficient (Wildman–Crippen LogP) is 4.38. The van der Waals surface area contributed by atoms with Gasteiger partial charge in [-0.2, -0.15) is 4.98 Å². The fourth-order valence-corrected chi connectivity index (χ4v) is 4.61. The van der Waals surface area contributed by atoms with E-state index in [-0.39, 0.29) is 12.5 Å². The molecule has 1 aliphatic rings. The van der Waals surface area contributed by atoms with Crippen molar-refractivity contribution in [1.29, 1.82) is 0 Å². The Morgan fingerprint density at radius 1 is 1.22 bits per heavy atom. The largest absolute Gasteiger partial charge is 0.497 e. The maximum Gasteiger partial charge on any atom is 0.247 e. The van der Waals surface area contributed by atoms with Crippen LogP contribution in [0, 0.1) is 0 Å². The summed E-state index contributed by atoms with van der Waals surface area (Å²) in [5.74, 6) is 1.50. The van der Waals surface area contributed by atoms with E-state index < -0.39 is 11.8 Å². The molecule has 0 radical (unpaired) electrons. The van der Waals surface area contributed by atoms with Crippen molar-refractivity contribution >= 4 is 46.6 Å². The fourth-order valence-electron chi connectivity index (χ4n) is 4.31. The predicted molar refractivity (Wildman–Crippen MR) is 162 cm³/mol. The van der Waals surface area contributed by atoms with Gasteiger partial charge in [-0.05, 0) is 56.2 Å². The number of methoxy groups -OCH3 is 2. The molecule has 0 saturated carbocycles. The van der Waals surface area contributed by atoms with E-state index in [1.807, 2.05) is 24.3 Å². The van der Waals surface area contributed by atoms with Gasteiger partial charge in [-0.3, -0.25) is 4.79 Å². The zero-order valence-electron chi connectivity index (χ0n) is 23.4. The van der Waals surface area contributed by atoms with E-state index in [4.69, 9.17) is 21.1 Å². The molecule has 10 nitrogen and oxygen atoms in total. The Morgan fingerprint density at radius 3 is 2.59 bits per heavy atom. The third kappa shape index (κ3) is 7.15. The number of hydrogen-bond donors (Lipinski definition) is 4. The fraction of sp³-hybridized carbons (Fsp3) is 0.300. The van der Waals surface area contributed by atoms with E-state index in [1.54, 1.807) is 50.3 Å². The first-order valence-corrected chi connectivity index (χ1v) is 13.3. The molecular formula is C30H34ClN5O5. The molecule has 0 fully saturated rings. The van der Waals surface area contributed by atoms with Gasteiger partial charge in [0.2, 0.25) is 11.9 Å². The Kier molecular flexibility index (Phi) is 9.17. The number of halogens is 1. The summed E-state index contributed by atoms with van der Waals surface area (Å²) < 4.78 is 10.9. The Morgan fingerprint density at radius 2 is 1.95 bits per heavy atom. The summed E-state index contributed by atoms with van der Waals surface area (Å²) in [6, 6.07) is 10.9. The molecule has 41 heavy (non-hydrogen) atoms. The molecule has 0 bridgehead atoms. The normalized spacial score (nSPS) is 14.6. The number of fused-ring (bicyclic) bond motifs is 1. The van der Waals surface area contributed by atoms with Crippen LogP contribution in [0.3, 0.4) is 0 Å². The number of carbonyl (C=O) groups excluding carboxylic acids is 1. The summed E-state index contributed by atoms with van der Waals surface area (Å²) in [7, 11) is 3.06. The van der Waals surface area contributed by atoms with Crippen molar-refractivity contribution in [2.45, 2.75) is 32.1 Å². The van der Waals surface area contributed by atoms with Crippen LogP contribution in [0.5, 0.6) is 11.5 Å². The van der Waals surface area contributed by atoms with Crippen LogP contribution in [-0.4, -0.2) is 65.2 Å². The first kappa shape index (κ1) is 29.9. The number of rotatable bonds is 11. The number of anilines is 3. The van der Waals surface area contributed by atoms with Crippen LogP contribution in [0.2, 0.25) is 5.02 Å². The third-order valence-electron chi connectivity index (χ3n) is 6.46. The van der Waals surface area contributed by atoms with Crippen LogP contribution in [0.4, 0.5) is 17.5 Å². The van der Waals surface area contributed by atoms with Crippen LogP contribution < -0.4 is 25.0 Å². The second-order valence-electron chi connectivity index (χ2n) is 10.1. The molecule has 1 unspecified atom stereocenters. The maximum absolute atomic E-state index is 11.7. The number of nitrogens with one attached hydrogen (secondary N) is 2. The van der Waals surface area contributed by atoms with E-state index in [1.165, 1.54) is 13.2 Å². The highest BCUT2D eigenvalue weighted by molar-refractivity contribution is 6.34. The SMILES string of the molecule is C=CC(=O)Nc1ccc(CCN2c3nc(NCC(C)(C)O)ncc3C=C(c3cc(OC)cc(OC)c3Cl)C2O)cc1. The van der Waals surface area contributed by atoms with Gasteiger partial charge in [0.25, 0.3) is 0 Å². The molecule has 1 amide bonds. The van der Waals surface area contributed by atoms with Gasteiger partial charge in [-0.1, -0.05) is 30.3 Å². The Labute approximate surface area is 244 Å². The van der Waals surface area contributed by atoms with Gasteiger partial charge in [0.05, 0.1) is 24.8 Å². The average Bonchev–Trinajstić information content (AvgIpc) is 2.96. The standard InChI is InChI=1S/C30H34ClN5O5/c1-6-25(37)34-20-9-7-18(8-10-20)11-12-36-27-19(16-32-29(35-27)33-17-30(2,3)39)13-23(28(36)38)22-14-21(40-4)15-24(41-5)26(22)31/h6-10,13-16,28,38-39H,1,11-12,17H2,2-5H3,(H,34,37)(H,32,33,35). The maximum atomic E-state index is 11.7. The molecule has 3 aromatic rings. The second kappa shape index (κ2) is 12.6. The number of hydrogen-bond acceptors (Lipinski definition) is 9. The average molecular weight is 580 g/mol. The van der Waals surface area contributed by atoms with Crippen molar-refractivity contribution in [2.75, 3.05) is 42.8 Å². The summed E-state index contributed by atoms with van der Waals surface area (Å²) in [6.45, 7) is 7.47. The minimum absolute atomic E-state index is 0.239. The molecule has 11 heteroatoms. The molecule has 1 atom stereocenters. The minimum Gasteiger partial charge on any atom is -0.497 e. The highest BCUT2D eigenvalue weighted by Crippen LogP contribution is 2.42. The Balaban J connectivity index is 1.70. The van der Waals surface area contributed by atoms with Crippen molar-refractivity contribution in [2.24, 2.45) is 0 Å². The molecule has 216 valence electrons. The van der Waals surface area contributed by atoms with Gasteiger partial charge in [0.15, 0.2) is 6.23 Å². The molecular weight excluding hydrogens is 546 g/mol. The van der Waals surface area contributed by atoms with Crippen LogP contribution in [0.1, 0.15) is 30.5 Å². The zero-order valence-corrected chi connectivity index (χ0v) is 24.2. The lowest BCUT2D eigenvalue weighted by Crippen LogP contribution is -2.41. The van der Waals surface area contributed by atoms with E-state index in [0.717, 1.165) is 5.56 Å². The summed E-state index contributed by atoms with van der Waals surface area (Å²) in [4.78, 5) is 22.5. The van der Waals surface area contributed by atoms with Crippen molar-refractivity contribution < 1.29 is 24.5 Å². The van der Waals surface area contributed by atoms with Gasteiger partial charge in [0.1, 0.15) is 17.3 Å². The first-order chi connectivity index (χ1) is 19.5. The third-order valence-corrected chi connectivity index (χ3v) is 6.85. The second-order valence-corrected chi connectivity index (χ2v) is 10.5. The molecule has 1 aromatic heterocycles. The number of ether oxygens (including phenoxy) is 2. The van der Waals surface area contributed by atoms with Crippen molar-refractivity contribution in [3.05, 3.63) is 77.0 Å². The van der Waals surface area contributed by atoms with Crippen molar-refractivity contribution in [1.82, 2.24) is 9.97 Å². The number of aromatic nitrogens is 2. The number of carbonyl (C=O) groups is 1. The van der Waals surface area contributed by atoms with E-state index >= 15 is 0 Å². The Bertz CT molecular complexity index is 1450. The van der Waals surface area contributed by atoms with E-state index in [9.17, 15) is 15.0 Å². The highest BCUT2D eigenvalue weighted by atomic mass is 35.5. The summed E-state index contributed by atoms with van der Waals surface area (Å²) >= 11 is 6.70. The summed E-state index contributed by atoms with van der Waals surface area (Å²) in [5, 5.41) is 28.0. The quantitative estimate of drug-likeness (QED) is 0.245. The van der Waals surface area contributed by atoms with E-state index in [2.05, 4.69) is 27.2 Å². The van der Waals surface area contributed by atoms with Crippen molar-refractivity contribution in [3.63, 3.8) is 0 Å². The lowest BCUT2D eigenvalue weighted by atomic mass is 9.96. The number of amides is 1. The molecule has 2 aromatic carbocycles. The van der Waals surface area contributed by atoms with E-state index in [0.29, 0.717) is 63.6 Å². The molecule has 4 rings (SSSR count). The van der Waals surface area contributed by atoms with Crippen LogP contribution in [-0.2, 0) is 11.2 Å². The molecule has 0 saturated heterocycles. The topological polar surface area (TPSA) is 129 Å². The molecule has 2 heterocycles. The zero-order chi connectivity index (χ0) is 29.7. The number of aliphatic hydroxyl groups excluding tert-OH is 1. The van der Waals surface area contributed by atoms with Gasteiger partial charge in [-0.25, -0.2) is 4.98 Å². The Hall–Kier alpha value is -4.12. The number of benzene rings is 2. The minimum atomic E-state index is -1.11. The van der Waals surface area contributed by atoms with Gasteiger partial charge in [-0.15, -0.1) is 0 Å². The van der Waals surface area contributed by atoms with Gasteiger partial charge in [0, 0.05) is 47.7 Å². The number of aliphatic hydroxyl groups is 2. The lowest BCUT2D eigenvalue weighted by molar-refractivity contribution is -0.111. The van der Waals surface area contributed by atoms with Crippen molar-refractivity contribution in [3.8, 4) is 11.5 Å². The molecule has 1 aliphatic heterocycles. The highest BCUT2D eigenvalue weighted by Gasteiger charge is 2.31. The monoisotopic (exact) mass is 579 g/mol. The molecule has 4 N–H and O–H groups in total. The lowest BCUT2D eigenvalue weighted by Gasteiger charge is -2.36. The van der Waals surface area contributed by atoms with Gasteiger partial charge >= 0.3 is 0 Å².